The maximum atomic E-state index is 12.2. The second kappa shape index (κ2) is 7.80. The summed E-state index contributed by atoms with van der Waals surface area (Å²) in [5.74, 6) is 0.926. The van der Waals surface area contributed by atoms with E-state index in [0.29, 0.717) is 31.0 Å². The van der Waals surface area contributed by atoms with Crippen LogP contribution in [0.4, 0.5) is 4.79 Å². The van der Waals surface area contributed by atoms with E-state index in [1.807, 2.05) is 30.3 Å². The van der Waals surface area contributed by atoms with Gasteiger partial charge in [0.15, 0.2) is 0 Å². The summed E-state index contributed by atoms with van der Waals surface area (Å²) in [5, 5.41) is 4.44. The number of piperidine rings is 1. The van der Waals surface area contributed by atoms with Crippen molar-refractivity contribution in [1.82, 2.24) is 14.8 Å². The lowest BCUT2D eigenvalue weighted by Gasteiger charge is -2.45. The van der Waals surface area contributed by atoms with Crippen LogP contribution in [-0.4, -0.2) is 41.7 Å². The molecule has 1 aliphatic heterocycles. The molecule has 0 saturated carbocycles. The van der Waals surface area contributed by atoms with E-state index < -0.39 is 0 Å². The van der Waals surface area contributed by atoms with Crippen LogP contribution in [0.1, 0.15) is 29.0 Å². The van der Waals surface area contributed by atoms with Crippen LogP contribution in [-0.2, 0) is 24.8 Å². The van der Waals surface area contributed by atoms with Gasteiger partial charge in [0.25, 0.3) is 0 Å². The Balaban J connectivity index is 1.25. The van der Waals surface area contributed by atoms with E-state index in [1.54, 1.807) is 0 Å². The van der Waals surface area contributed by atoms with Gasteiger partial charge in [-0.05, 0) is 48.6 Å². The van der Waals surface area contributed by atoms with Gasteiger partial charge in [-0.1, -0.05) is 42.5 Å². The van der Waals surface area contributed by atoms with E-state index in [1.165, 1.54) is 22.0 Å². The molecule has 2 aromatic carbocycles. The molecule has 0 radical (unpaired) electrons. The molecule has 1 N–H and O–H groups in total. The third kappa shape index (κ3) is 3.47. The molecule has 5 heteroatoms. The Hall–Kier alpha value is -2.79. The number of aromatic nitrogens is 1. The van der Waals surface area contributed by atoms with Crippen molar-refractivity contribution in [1.29, 1.82) is 0 Å². The minimum absolute atomic E-state index is 0.306. The summed E-state index contributed by atoms with van der Waals surface area (Å²) in [4.78, 5) is 14.7. The van der Waals surface area contributed by atoms with Crippen LogP contribution in [0.2, 0.25) is 0 Å². The van der Waals surface area contributed by atoms with E-state index >= 15 is 0 Å². The zero-order valence-corrected chi connectivity index (χ0v) is 17.7. The number of fused-ring (bicyclic) bond motifs is 2. The third-order valence-corrected chi connectivity index (χ3v) is 6.87. The normalized spacial score (nSPS) is 23.2. The van der Waals surface area contributed by atoms with Crippen molar-refractivity contribution in [2.24, 2.45) is 13.0 Å². The molecule has 156 valence electrons. The molecular formula is C25H29N3O2. The fourth-order valence-corrected chi connectivity index (χ4v) is 5.48. The van der Waals surface area contributed by atoms with Crippen molar-refractivity contribution < 1.29 is 9.53 Å². The van der Waals surface area contributed by atoms with Gasteiger partial charge >= 0.3 is 6.09 Å². The highest BCUT2D eigenvalue weighted by molar-refractivity contribution is 5.89. The molecule has 3 atom stereocenters. The summed E-state index contributed by atoms with van der Waals surface area (Å²) in [6, 6.07) is 17.0. The largest absolute Gasteiger partial charge is 0.445 e. The van der Waals surface area contributed by atoms with Gasteiger partial charge in [-0.2, -0.15) is 0 Å². The van der Waals surface area contributed by atoms with Crippen LogP contribution in [0.15, 0.2) is 54.7 Å². The topological polar surface area (TPSA) is 46.5 Å². The van der Waals surface area contributed by atoms with Crippen molar-refractivity contribution >= 4 is 17.0 Å². The molecule has 1 aliphatic carbocycles. The van der Waals surface area contributed by atoms with Crippen LogP contribution >= 0.6 is 0 Å². The molecule has 0 unspecified atom stereocenters. The maximum Gasteiger partial charge on any atom is 0.407 e. The minimum atomic E-state index is -0.334. The first kappa shape index (κ1) is 19.2. The molecule has 5 nitrogen and oxygen atoms in total. The third-order valence-electron chi connectivity index (χ3n) is 6.87. The molecule has 0 bridgehead atoms. The molecule has 1 fully saturated rings. The van der Waals surface area contributed by atoms with Crippen LogP contribution in [0.3, 0.4) is 0 Å². The molecule has 2 heterocycles. The molecule has 1 amide bonds. The number of amides is 1. The zero-order chi connectivity index (χ0) is 20.7. The molecule has 3 aromatic rings. The van der Waals surface area contributed by atoms with Gasteiger partial charge in [0.2, 0.25) is 0 Å². The Bertz CT molecular complexity index is 1060. The van der Waals surface area contributed by atoms with Gasteiger partial charge < -0.3 is 19.5 Å². The van der Waals surface area contributed by atoms with Crippen molar-refractivity contribution in [3.8, 4) is 0 Å². The molecule has 2 aliphatic rings. The average Bonchev–Trinajstić information content (AvgIpc) is 3.09. The van der Waals surface area contributed by atoms with Gasteiger partial charge in [-0.25, -0.2) is 4.79 Å². The van der Waals surface area contributed by atoms with E-state index in [9.17, 15) is 4.79 Å². The van der Waals surface area contributed by atoms with E-state index in [-0.39, 0.29) is 6.09 Å². The SMILES string of the molecule is CN1C[C@H](CNC(=O)OCc2ccccc2)C[C@@H]2c3cccc4c3c(cn4C)C[C@@H]21. The molecule has 1 aromatic heterocycles. The van der Waals surface area contributed by atoms with Crippen molar-refractivity contribution in [3.05, 3.63) is 71.4 Å². The summed E-state index contributed by atoms with van der Waals surface area (Å²) in [7, 11) is 4.37. The maximum absolute atomic E-state index is 12.2. The smallest absolute Gasteiger partial charge is 0.407 e. The molecule has 5 rings (SSSR count). The number of hydrogen-bond donors (Lipinski definition) is 1. The number of nitrogens with zero attached hydrogens (tertiary/aromatic N) is 2. The second-order valence-electron chi connectivity index (χ2n) is 8.87. The number of carbonyl (C=O) groups excluding carboxylic acids is 1. The van der Waals surface area contributed by atoms with E-state index in [0.717, 1.165) is 24.9 Å². The standard InChI is InChI=1S/C25H29N3O2/c1-27-14-18(13-26-25(29)30-16-17-7-4-3-5-8-17)11-21-20-9-6-10-22-24(20)19(12-23(21)27)15-28(22)2/h3-10,15,18,21,23H,11-14,16H2,1-2H3,(H,26,29)/t18-,21+,23-/m0/s1. The molecule has 1 saturated heterocycles. The first-order chi connectivity index (χ1) is 14.6. The van der Waals surface area contributed by atoms with Gasteiger partial charge in [0, 0.05) is 49.2 Å². The van der Waals surface area contributed by atoms with E-state index in [4.69, 9.17) is 4.74 Å². The predicted molar refractivity (Wildman–Crippen MR) is 119 cm³/mol. The van der Waals surface area contributed by atoms with Gasteiger partial charge in [0.05, 0.1) is 0 Å². The first-order valence-electron chi connectivity index (χ1n) is 10.8. The Morgan fingerprint density at radius 3 is 2.80 bits per heavy atom. The summed E-state index contributed by atoms with van der Waals surface area (Å²) < 4.78 is 7.64. The zero-order valence-electron chi connectivity index (χ0n) is 17.7. The number of benzene rings is 2. The lowest BCUT2D eigenvalue weighted by Crippen LogP contribution is -2.50. The minimum Gasteiger partial charge on any atom is -0.445 e. The van der Waals surface area contributed by atoms with Crippen LogP contribution in [0.25, 0.3) is 10.9 Å². The monoisotopic (exact) mass is 403 g/mol. The number of likely N-dealkylation sites (tertiary alicyclic amines) is 1. The lowest BCUT2D eigenvalue weighted by atomic mass is 9.72. The van der Waals surface area contributed by atoms with Crippen molar-refractivity contribution in [3.63, 3.8) is 0 Å². The summed E-state index contributed by atoms with van der Waals surface area (Å²) in [6.45, 7) is 1.96. The number of nitrogens with one attached hydrogen (secondary N) is 1. The quantitative estimate of drug-likeness (QED) is 0.714. The number of hydrogen-bond acceptors (Lipinski definition) is 3. The molecular weight excluding hydrogens is 374 g/mol. The highest BCUT2D eigenvalue weighted by atomic mass is 16.5. The average molecular weight is 404 g/mol. The fourth-order valence-electron chi connectivity index (χ4n) is 5.48. The molecule has 30 heavy (non-hydrogen) atoms. The summed E-state index contributed by atoms with van der Waals surface area (Å²) in [6.07, 6.45) is 4.17. The fraction of sp³-hybridized carbons (Fsp3) is 0.400. The van der Waals surface area contributed by atoms with Crippen molar-refractivity contribution in [2.45, 2.75) is 31.4 Å². The van der Waals surface area contributed by atoms with Gasteiger partial charge in [0.1, 0.15) is 6.61 Å². The van der Waals surface area contributed by atoms with Crippen LogP contribution in [0.5, 0.6) is 0 Å². The number of ether oxygens (including phenoxy) is 1. The number of rotatable bonds is 4. The Morgan fingerprint density at radius 1 is 1.13 bits per heavy atom. The van der Waals surface area contributed by atoms with E-state index in [2.05, 4.69) is 53.3 Å². The highest BCUT2D eigenvalue weighted by Crippen LogP contribution is 2.44. The second-order valence-corrected chi connectivity index (χ2v) is 8.87. The Kier molecular flexibility index (Phi) is 4.99. The predicted octanol–water partition coefficient (Wildman–Crippen LogP) is 4.06. The Morgan fingerprint density at radius 2 is 1.97 bits per heavy atom. The van der Waals surface area contributed by atoms with Crippen LogP contribution in [0, 0.1) is 5.92 Å². The van der Waals surface area contributed by atoms with Gasteiger partial charge in [-0.3, -0.25) is 0 Å². The molecule has 0 spiro atoms. The summed E-state index contributed by atoms with van der Waals surface area (Å²) in [5.41, 5.74) is 5.27. The Labute approximate surface area is 177 Å². The number of aryl methyl sites for hydroxylation is 1. The lowest BCUT2D eigenvalue weighted by molar-refractivity contribution is 0.104. The highest BCUT2D eigenvalue weighted by Gasteiger charge is 2.39. The van der Waals surface area contributed by atoms with Gasteiger partial charge in [-0.15, -0.1) is 0 Å². The number of alkyl carbamates (subject to hydrolysis) is 1. The number of likely N-dealkylation sites (N-methyl/N-ethyl adjacent to an activating group) is 1. The first-order valence-corrected chi connectivity index (χ1v) is 10.8. The summed E-state index contributed by atoms with van der Waals surface area (Å²) >= 11 is 0. The number of carbonyl (C=O) groups is 1. The van der Waals surface area contributed by atoms with Crippen LogP contribution < -0.4 is 5.32 Å². The van der Waals surface area contributed by atoms with Crippen molar-refractivity contribution in [2.75, 3.05) is 20.1 Å².